The summed E-state index contributed by atoms with van der Waals surface area (Å²) in [6.07, 6.45) is -0.0683. The zero-order valence-corrected chi connectivity index (χ0v) is 5.50. The number of rotatable bonds is 0. The maximum atomic E-state index is 9.26. The monoisotopic (exact) mass is 132 g/mol. The van der Waals surface area contributed by atoms with Gasteiger partial charge in [-0.2, -0.15) is 0 Å². The van der Waals surface area contributed by atoms with E-state index in [0.717, 1.165) is 0 Å². The Balaban J connectivity index is 2.41. The van der Waals surface area contributed by atoms with Gasteiger partial charge in [-0.25, -0.2) is 0 Å². The van der Waals surface area contributed by atoms with E-state index in [2.05, 4.69) is 0 Å². The highest BCUT2D eigenvalue weighted by Gasteiger charge is 2.29. The van der Waals surface area contributed by atoms with Gasteiger partial charge in [-0.15, -0.1) is 0 Å². The molecule has 3 nitrogen and oxygen atoms in total. The first-order valence-electron chi connectivity index (χ1n) is 3.08. The van der Waals surface area contributed by atoms with E-state index in [1.807, 2.05) is 0 Å². The van der Waals surface area contributed by atoms with Crippen LogP contribution in [0.5, 0.6) is 0 Å². The Labute approximate surface area is 54.3 Å². The molecule has 1 rings (SSSR count). The van der Waals surface area contributed by atoms with E-state index in [0.29, 0.717) is 19.6 Å². The SMILES string of the molecule is CC1(O)COCC(O)C1. The largest absolute Gasteiger partial charge is 0.391 e. The van der Waals surface area contributed by atoms with Crippen LogP contribution >= 0.6 is 0 Å². The first kappa shape index (κ1) is 6.99. The number of aliphatic hydroxyl groups is 2. The third-order valence-electron chi connectivity index (χ3n) is 1.40. The first-order valence-corrected chi connectivity index (χ1v) is 3.08. The number of hydrogen-bond donors (Lipinski definition) is 2. The van der Waals surface area contributed by atoms with E-state index >= 15 is 0 Å². The molecule has 0 radical (unpaired) electrons. The average molecular weight is 132 g/mol. The van der Waals surface area contributed by atoms with Crippen molar-refractivity contribution in [3.05, 3.63) is 0 Å². The van der Waals surface area contributed by atoms with Crippen molar-refractivity contribution in [1.29, 1.82) is 0 Å². The maximum Gasteiger partial charge on any atom is 0.0877 e. The molecule has 1 fully saturated rings. The lowest BCUT2D eigenvalue weighted by atomic mass is 9.98. The third kappa shape index (κ3) is 1.93. The Bertz CT molecular complexity index is 100. The fourth-order valence-electron chi connectivity index (χ4n) is 1.04. The second-order valence-electron chi connectivity index (χ2n) is 2.87. The van der Waals surface area contributed by atoms with Crippen molar-refractivity contribution < 1.29 is 14.9 Å². The molecular weight excluding hydrogens is 120 g/mol. The smallest absolute Gasteiger partial charge is 0.0877 e. The van der Waals surface area contributed by atoms with E-state index in [1.165, 1.54) is 0 Å². The Hall–Kier alpha value is -0.120. The molecule has 0 aliphatic carbocycles. The van der Waals surface area contributed by atoms with Crippen molar-refractivity contribution in [3.63, 3.8) is 0 Å². The molecule has 0 spiro atoms. The van der Waals surface area contributed by atoms with Crippen molar-refractivity contribution in [2.24, 2.45) is 0 Å². The van der Waals surface area contributed by atoms with Crippen LogP contribution in [0.15, 0.2) is 0 Å². The molecule has 2 unspecified atom stereocenters. The van der Waals surface area contributed by atoms with E-state index in [4.69, 9.17) is 9.84 Å². The number of aliphatic hydroxyl groups excluding tert-OH is 1. The number of ether oxygens (including phenoxy) is 1. The molecule has 0 aromatic heterocycles. The minimum Gasteiger partial charge on any atom is -0.391 e. The molecule has 2 atom stereocenters. The van der Waals surface area contributed by atoms with Crippen molar-refractivity contribution >= 4 is 0 Å². The Morgan fingerprint density at radius 2 is 2.33 bits per heavy atom. The predicted octanol–water partition coefficient (Wildman–Crippen LogP) is -0.481. The first-order chi connectivity index (χ1) is 4.10. The fourth-order valence-corrected chi connectivity index (χ4v) is 1.04. The standard InChI is InChI=1S/C6H12O3/c1-6(8)2-5(7)3-9-4-6/h5,7-8H,2-4H2,1H3. The fraction of sp³-hybridized carbons (Fsp3) is 1.00. The summed E-state index contributed by atoms with van der Waals surface area (Å²) in [7, 11) is 0. The topological polar surface area (TPSA) is 49.7 Å². The van der Waals surface area contributed by atoms with E-state index in [9.17, 15) is 5.11 Å². The van der Waals surface area contributed by atoms with Gasteiger partial charge in [0, 0.05) is 6.42 Å². The lowest BCUT2D eigenvalue weighted by molar-refractivity contribution is -0.122. The van der Waals surface area contributed by atoms with Crippen LogP contribution in [0.3, 0.4) is 0 Å². The summed E-state index contributed by atoms with van der Waals surface area (Å²) in [5.74, 6) is 0. The van der Waals surface area contributed by atoms with Crippen LogP contribution in [-0.2, 0) is 4.74 Å². The molecule has 3 heteroatoms. The van der Waals surface area contributed by atoms with Crippen LogP contribution in [-0.4, -0.2) is 35.1 Å². The molecule has 9 heavy (non-hydrogen) atoms. The van der Waals surface area contributed by atoms with Gasteiger partial charge >= 0.3 is 0 Å². The summed E-state index contributed by atoms with van der Waals surface area (Å²) in [6.45, 7) is 2.36. The van der Waals surface area contributed by atoms with Gasteiger partial charge in [0.05, 0.1) is 24.9 Å². The zero-order valence-electron chi connectivity index (χ0n) is 5.50. The molecule has 0 aromatic rings. The summed E-state index contributed by atoms with van der Waals surface area (Å²) >= 11 is 0. The van der Waals surface area contributed by atoms with Crippen molar-refractivity contribution in [2.45, 2.75) is 25.0 Å². The normalized spacial score (nSPS) is 45.0. The van der Waals surface area contributed by atoms with Crippen LogP contribution in [0.4, 0.5) is 0 Å². The van der Waals surface area contributed by atoms with Crippen molar-refractivity contribution in [2.75, 3.05) is 13.2 Å². The second-order valence-corrected chi connectivity index (χ2v) is 2.87. The maximum absolute atomic E-state index is 9.26. The van der Waals surface area contributed by atoms with Crippen molar-refractivity contribution in [1.82, 2.24) is 0 Å². The molecule has 0 aromatic carbocycles. The quantitative estimate of drug-likeness (QED) is 0.468. The third-order valence-corrected chi connectivity index (χ3v) is 1.40. The predicted molar refractivity (Wildman–Crippen MR) is 32.1 cm³/mol. The van der Waals surface area contributed by atoms with Crippen LogP contribution in [0.2, 0.25) is 0 Å². The van der Waals surface area contributed by atoms with Gasteiger partial charge in [0.1, 0.15) is 0 Å². The van der Waals surface area contributed by atoms with Gasteiger partial charge < -0.3 is 14.9 Å². The van der Waals surface area contributed by atoms with E-state index < -0.39 is 11.7 Å². The van der Waals surface area contributed by atoms with Crippen molar-refractivity contribution in [3.8, 4) is 0 Å². The van der Waals surface area contributed by atoms with Crippen LogP contribution < -0.4 is 0 Å². The van der Waals surface area contributed by atoms with Crippen LogP contribution in [0.25, 0.3) is 0 Å². The van der Waals surface area contributed by atoms with Gasteiger partial charge in [0.15, 0.2) is 0 Å². The highest BCUT2D eigenvalue weighted by atomic mass is 16.5. The molecule has 1 saturated heterocycles. The Morgan fingerprint density at radius 3 is 2.67 bits per heavy atom. The minimum absolute atomic E-state index is 0.337. The van der Waals surface area contributed by atoms with Gasteiger partial charge in [0.25, 0.3) is 0 Å². The number of hydrogen-bond acceptors (Lipinski definition) is 3. The van der Waals surface area contributed by atoms with Gasteiger partial charge in [-0.05, 0) is 6.92 Å². The Kier molecular flexibility index (Phi) is 1.75. The molecule has 0 amide bonds. The van der Waals surface area contributed by atoms with Crippen LogP contribution in [0, 0.1) is 0 Å². The summed E-state index contributed by atoms with van der Waals surface area (Å²) in [5.41, 5.74) is -0.822. The Morgan fingerprint density at radius 1 is 1.67 bits per heavy atom. The summed E-state index contributed by atoms with van der Waals surface area (Å²) in [6, 6.07) is 0. The van der Waals surface area contributed by atoms with E-state index in [1.54, 1.807) is 6.92 Å². The molecular formula is C6H12O3. The summed E-state index contributed by atoms with van der Waals surface area (Å²) < 4.78 is 4.90. The molecule has 0 bridgehead atoms. The summed E-state index contributed by atoms with van der Waals surface area (Å²) in [5, 5.41) is 18.2. The average Bonchev–Trinajstić information content (AvgIpc) is 1.60. The van der Waals surface area contributed by atoms with E-state index in [-0.39, 0.29) is 0 Å². The molecule has 2 N–H and O–H groups in total. The minimum atomic E-state index is -0.822. The molecule has 1 aliphatic rings. The van der Waals surface area contributed by atoms with Crippen LogP contribution in [0.1, 0.15) is 13.3 Å². The molecule has 1 aliphatic heterocycles. The highest BCUT2D eigenvalue weighted by Crippen LogP contribution is 2.17. The highest BCUT2D eigenvalue weighted by molar-refractivity contribution is 4.79. The molecule has 54 valence electrons. The second kappa shape index (κ2) is 2.25. The summed E-state index contributed by atoms with van der Waals surface area (Å²) in [4.78, 5) is 0. The lowest BCUT2D eigenvalue weighted by Gasteiger charge is -2.30. The lowest BCUT2D eigenvalue weighted by Crippen LogP contribution is -2.42. The van der Waals surface area contributed by atoms with Gasteiger partial charge in [-0.3, -0.25) is 0 Å². The van der Waals surface area contributed by atoms with Gasteiger partial charge in [0.2, 0.25) is 0 Å². The van der Waals surface area contributed by atoms with Gasteiger partial charge in [-0.1, -0.05) is 0 Å². The zero-order chi connectivity index (χ0) is 6.91. The molecule has 1 heterocycles. The molecule has 0 saturated carbocycles.